The van der Waals surface area contributed by atoms with Crippen molar-refractivity contribution < 1.29 is 9.26 Å². The summed E-state index contributed by atoms with van der Waals surface area (Å²) in [6.45, 7) is 6.69. The zero-order valence-corrected chi connectivity index (χ0v) is 20.7. The van der Waals surface area contributed by atoms with Crippen LogP contribution in [0.3, 0.4) is 0 Å². The molecule has 1 N–H and O–H groups in total. The zero-order valence-electron chi connectivity index (χ0n) is 19.9. The Bertz CT molecular complexity index is 1360. The summed E-state index contributed by atoms with van der Waals surface area (Å²) in [7, 11) is 0. The molecule has 35 heavy (non-hydrogen) atoms. The molecule has 1 aromatic heterocycles. The number of nitrogens with one attached hydrogen (secondary N) is 1. The number of hydrogen-bond acceptors (Lipinski definition) is 5. The maximum Gasteiger partial charge on any atom is 0.258 e. The Balaban J connectivity index is 1.60. The average molecular weight is 483 g/mol. The Morgan fingerprint density at radius 1 is 0.971 bits per heavy atom. The van der Waals surface area contributed by atoms with Crippen LogP contribution in [0.4, 0.5) is 5.69 Å². The van der Waals surface area contributed by atoms with E-state index in [2.05, 4.69) is 41.7 Å². The monoisotopic (exact) mass is 482 g/mol. The van der Waals surface area contributed by atoms with Gasteiger partial charge < -0.3 is 14.6 Å². The summed E-state index contributed by atoms with van der Waals surface area (Å²) >= 11 is 5.81. The number of benzene rings is 3. The summed E-state index contributed by atoms with van der Waals surface area (Å²) in [5.41, 5.74) is 5.90. The number of thiocarbonyl (C=S) groups is 1. The Morgan fingerprint density at radius 3 is 2.37 bits per heavy atom. The molecule has 1 unspecified atom stereocenters. The molecular formula is C28H26N4O2S. The van der Waals surface area contributed by atoms with E-state index in [4.69, 9.17) is 26.5 Å². The number of nitrogens with zero attached hydrogens (tertiary/aromatic N) is 3. The average Bonchev–Trinajstić information content (AvgIpc) is 3.35. The second-order valence-corrected chi connectivity index (χ2v) is 8.73. The highest BCUT2D eigenvalue weighted by molar-refractivity contribution is 7.80. The van der Waals surface area contributed by atoms with Crippen molar-refractivity contribution in [3.63, 3.8) is 0 Å². The van der Waals surface area contributed by atoms with Gasteiger partial charge >= 0.3 is 0 Å². The fourth-order valence-corrected chi connectivity index (χ4v) is 4.59. The van der Waals surface area contributed by atoms with Crippen LogP contribution in [0.25, 0.3) is 17.0 Å². The highest BCUT2D eigenvalue weighted by Gasteiger charge is 2.34. The molecule has 0 spiro atoms. The van der Waals surface area contributed by atoms with Gasteiger partial charge in [-0.1, -0.05) is 53.2 Å². The first-order valence-electron chi connectivity index (χ1n) is 11.6. The van der Waals surface area contributed by atoms with E-state index in [1.54, 1.807) is 0 Å². The molecule has 0 aliphatic carbocycles. The summed E-state index contributed by atoms with van der Waals surface area (Å²) in [6, 6.07) is 25.9. The fraction of sp³-hybridized carbons (Fsp3) is 0.179. The molecule has 1 aliphatic rings. The van der Waals surface area contributed by atoms with Gasteiger partial charge in [-0.15, -0.1) is 0 Å². The van der Waals surface area contributed by atoms with Gasteiger partial charge in [0, 0.05) is 16.9 Å². The van der Waals surface area contributed by atoms with E-state index in [0.29, 0.717) is 23.4 Å². The molecule has 7 heteroatoms. The molecule has 0 fully saturated rings. The second kappa shape index (κ2) is 9.72. The first-order chi connectivity index (χ1) is 17.0. The highest BCUT2D eigenvalue weighted by atomic mass is 32.1. The Morgan fingerprint density at radius 2 is 1.69 bits per heavy atom. The summed E-state index contributed by atoms with van der Waals surface area (Å²) in [5.74, 6) is 1.78. The lowest BCUT2D eigenvalue weighted by atomic mass is 9.94. The van der Waals surface area contributed by atoms with Crippen molar-refractivity contribution in [1.82, 2.24) is 15.5 Å². The first kappa shape index (κ1) is 22.8. The second-order valence-electron chi connectivity index (χ2n) is 8.34. The molecule has 176 valence electrons. The van der Waals surface area contributed by atoms with Crippen molar-refractivity contribution in [3.8, 4) is 17.1 Å². The van der Waals surface area contributed by atoms with E-state index in [-0.39, 0.29) is 6.04 Å². The minimum absolute atomic E-state index is 0.225. The standard InChI is InChI=1S/C28H26N4O2S/c1-4-33-23-16-14-21(15-17-23)26-30-27(34-31-26)24-19(3)32(22-8-6-5-7-9-22)28(35)29-25(24)20-12-10-18(2)11-13-20/h5-17,25H,4H2,1-3H3,(H,29,35). The molecule has 1 atom stereocenters. The lowest BCUT2D eigenvalue weighted by molar-refractivity contribution is 0.340. The molecule has 0 saturated heterocycles. The summed E-state index contributed by atoms with van der Waals surface area (Å²) < 4.78 is 11.4. The van der Waals surface area contributed by atoms with Crippen molar-refractivity contribution >= 4 is 28.6 Å². The van der Waals surface area contributed by atoms with E-state index >= 15 is 0 Å². The molecule has 6 nitrogen and oxygen atoms in total. The zero-order chi connectivity index (χ0) is 24.4. The lowest BCUT2D eigenvalue weighted by Crippen LogP contribution is -2.46. The van der Waals surface area contributed by atoms with Crippen LogP contribution in [-0.4, -0.2) is 21.9 Å². The van der Waals surface area contributed by atoms with Crippen molar-refractivity contribution in [3.05, 3.63) is 102 Å². The molecule has 0 bridgehead atoms. The largest absolute Gasteiger partial charge is 0.494 e. The Kier molecular flexibility index (Phi) is 6.33. The van der Waals surface area contributed by atoms with E-state index in [1.165, 1.54) is 5.56 Å². The smallest absolute Gasteiger partial charge is 0.258 e. The van der Waals surface area contributed by atoms with Gasteiger partial charge in [-0.2, -0.15) is 4.98 Å². The van der Waals surface area contributed by atoms with Crippen LogP contribution in [0, 0.1) is 6.92 Å². The third-order valence-electron chi connectivity index (χ3n) is 5.99. The van der Waals surface area contributed by atoms with Crippen LogP contribution < -0.4 is 15.0 Å². The molecule has 5 rings (SSSR count). The number of hydrogen-bond donors (Lipinski definition) is 1. The number of para-hydroxylation sites is 1. The number of aromatic nitrogens is 2. The predicted octanol–water partition coefficient (Wildman–Crippen LogP) is 6.31. The van der Waals surface area contributed by atoms with E-state index in [9.17, 15) is 0 Å². The first-order valence-corrected chi connectivity index (χ1v) is 12.0. The van der Waals surface area contributed by atoms with Crippen molar-refractivity contribution in [2.75, 3.05) is 11.5 Å². The van der Waals surface area contributed by atoms with Gasteiger partial charge in [0.25, 0.3) is 5.89 Å². The number of ether oxygens (including phenoxy) is 1. The van der Waals surface area contributed by atoms with Gasteiger partial charge in [-0.25, -0.2) is 0 Å². The number of anilines is 1. The van der Waals surface area contributed by atoms with Gasteiger partial charge in [0.1, 0.15) is 5.75 Å². The van der Waals surface area contributed by atoms with Crippen molar-refractivity contribution in [1.29, 1.82) is 0 Å². The minimum atomic E-state index is -0.225. The molecule has 0 saturated carbocycles. The summed E-state index contributed by atoms with van der Waals surface area (Å²) in [4.78, 5) is 6.80. The molecule has 4 aromatic rings. The number of rotatable bonds is 6. The third kappa shape index (κ3) is 4.55. The lowest BCUT2D eigenvalue weighted by Gasteiger charge is -2.37. The molecule has 3 aromatic carbocycles. The Labute approximate surface area is 210 Å². The molecule has 0 radical (unpaired) electrons. The topological polar surface area (TPSA) is 63.4 Å². The fourth-order valence-electron chi connectivity index (χ4n) is 4.23. The van der Waals surface area contributed by atoms with Crippen LogP contribution in [-0.2, 0) is 0 Å². The van der Waals surface area contributed by atoms with Gasteiger partial charge in [0.05, 0.1) is 18.2 Å². The van der Waals surface area contributed by atoms with Crippen molar-refractivity contribution in [2.45, 2.75) is 26.8 Å². The SMILES string of the molecule is CCOc1ccc(-c2noc(C3=C(C)N(c4ccccc4)C(=S)NC3c3ccc(C)cc3)n2)cc1. The maximum atomic E-state index is 5.84. The third-order valence-corrected chi connectivity index (χ3v) is 6.29. The summed E-state index contributed by atoms with van der Waals surface area (Å²) in [6.07, 6.45) is 0. The number of allylic oxidation sites excluding steroid dienone is 1. The molecule has 0 amide bonds. The summed E-state index contributed by atoms with van der Waals surface area (Å²) in [5, 5.41) is 8.42. The van der Waals surface area contributed by atoms with Crippen LogP contribution in [0.1, 0.15) is 36.9 Å². The van der Waals surface area contributed by atoms with Gasteiger partial charge in [-0.3, -0.25) is 4.90 Å². The van der Waals surface area contributed by atoms with E-state index in [0.717, 1.165) is 33.8 Å². The van der Waals surface area contributed by atoms with Crippen molar-refractivity contribution in [2.24, 2.45) is 0 Å². The molecular weight excluding hydrogens is 456 g/mol. The normalized spacial score (nSPS) is 15.8. The van der Waals surface area contributed by atoms with Gasteiger partial charge in [-0.05, 0) is 75.0 Å². The Hall–Kier alpha value is -3.97. The van der Waals surface area contributed by atoms with Crippen LogP contribution >= 0.6 is 12.2 Å². The van der Waals surface area contributed by atoms with E-state index < -0.39 is 0 Å². The number of aryl methyl sites for hydroxylation is 1. The quantitative estimate of drug-likeness (QED) is 0.323. The maximum absolute atomic E-state index is 5.84. The van der Waals surface area contributed by atoms with E-state index in [1.807, 2.05) is 73.3 Å². The molecule has 2 heterocycles. The van der Waals surface area contributed by atoms with Crippen LogP contribution in [0.15, 0.2) is 89.1 Å². The predicted molar refractivity (Wildman–Crippen MR) is 142 cm³/mol. The van der Waals surface area contributed by atoms with Crippen LogP contribution in [0.5, 0.6) is 5.75 Å². The highest BCUT2D eigenvalue weighted by Crippen LogP contribution is 2.39. The molecule has 1 aliphatic heterocycles. The van der Waals surface area contributed by atoms with Crippen LogP contribution in [0.2, 0.25) is 0 Å². The minimum Gasteiger partial charge on any atom is -0.494 e. The van der Waals surface area contributed by atoms with Gasteiger partial charge in [0.15, 0.2) is 5.11 Å². The van der Waals surface area contributed by atoms with Gasteiger partial charge in [0.2, 0.25) is 5.82 Å².